The highest BCUT2D eigenvalue weighted by Gasteiger charge is 2.05. The standard InChI is InChI=1S/C16H14ClN3O3S2/c17-11-3-5-12(6-4-11)23-10-15(22)19-20-16(24)18-14(21)8-7-13-2-1-9-25-13/h1-9H,10H2,(H,19,22)(H2,18,20,21,24). The van der Waals surface area contributed by atoms with Crippen LogP contribution in [0.3, 0.4) is 0 Å². The second kappa shape index (κ2) is 9.77. The Labute approximate surface area is 158 Å². The number of carbonyl (C=O) groups is 2. The van der Waals surface area contributed by atoms with E-state index in [4.69, 9.17) is 28.6 Å². The van der Waals surface area contributed by atoms with Crippen LogP contribution in [-0.2, 0) is 9.59 Å². The van der Waals surface area contributed by atoms with E-state index >= 15 is 0 Å². The maximum Gasteiger partial charge on any atom is 0.276 e. The first-order valence-electron chi connectivity index (χ1n) is 7.02. The quantitative estimate of drug-likeness (QED) is 0.412. The lowest BCUT2D eigenvalue weighted by Crippen LogP contribution is -2.49. The molecule has 2 amide bonds. The molecule has 0 aliphatic rings. The Kier molecular flexibility index (Phi) is 7.39. The normalized spacial score (nSPS) is 10.3. The summed E-state index contributed by atoms with van der Waals surface area (Å²) in [6.45, 7) is -0.219. The minimum absolute atomic E-state index is 0.0272. The molecule has 2 aromatic rings. The first kappa shape index (κ1) is 18.9. The van der Waals surface area contributed by atoms with Gasteiger partial charge in [-0.15, -0.1) is 11.3 Å². The molecule has 0 atom stereocenters. The van der Waals surface area contributed by atoms with Crippen LogP contribution in [0.1, 0.15) is 4.88 Å². The highest BCUT2D eigenvalue weighted by Crippen LogP contribution is 2.15. The van der Waals surface area contributed by atoms with E-state index in [-0.39, 0.29) is 11.7 Å². The zero-order chi connectivity index (χ0) is 18.1. The molecule has 0 bridgehead atoms. The second-order valence-electron chi connectivity index (χ2n) is 4.58. The Bertz CT molecular complexity index is 761. The molecular weight excluding hydrogens is 382 g/mol. The van der Waals surface area contributed by atoms with Gasteiger partial charge in [0.2, 0.25) is 5.91 Å². The molecule has 130 valence electrons. The summed E-state index contributed by atoms with van der Waals surface area (Å²) in [5.74, 6) is -0.354. The monoisotopic (exact) mass is 395 g/mol. The highest BCUT2D eigenvalue weighted by molar-refractivity contribution is 7.80. The number of rotatable bonds is 5. The fourth-order valence-electron chi connectivity index (χ4n) is 1.57. The van der Waals surface area contributed by atoms with Crippen molar-refractivity contribution >= 4 is 58.2 Å². The highest BCUT2D eigenvalue weighted by atomic mass is 35.5. The van der Waals surface area contributed by atoms with Crippen molar-refractivity contribution in [2.75, 3.05) is 6.61 Å². The summed E-state index contributed by atoms with van der Waals surface area (Å²) >= 11 is 12.2. The van der Waals surface area contributed by atoms with Gasteiger partial charge in [0.25, 0.3) is 5.91 Å². The number of hydrogen-bond donors (Lipinski definition) is 3. The first-order chi connectivity index (χ1) is 12.0. The Hall–Kier alpha value is -2.42. The second-order valence-corrected chi connectivity index (χ2v) is 6.41. The number of carbonyl (C=O) groups excluding carboxylic acids is 2. The van der Waals surface area contributed by atoms with Gasteiger partial charge in [-0.1, -0.05) is 17.7 Å². The van der Waals surface area contributed by atoms with Crippen molar-refractivity contribution in [3.8, 4) is 5.75 Å². The van der Waals surface area contributed by atoms with E-state index in [0.717, 1.165) is 4.88 Å². The van der Waals surface area contributed by atoms with Crippen molar-refractivity contribution in [1.29, 1.82) is 0 Å². The molecule has 2 rings (SSSR count). The average molecular weight is 396 g/mol. The minimum Gasteiger partial charge on any atom is -0.484 e. The smallest absolute Gasteiger partial charge is 0.276 e. The van der Waals surface area contributed by atoms with Crippen LogP contribution < -0.4 is 20.9 Å². The van der Waals surface area contributed by atoms with E-state index in [0.29, 0.717) is 10.8 Å². The number of benzene rings is 1. The van der Waals surface area contributed by atoms with Crippen LogP contribution in [0.4, 0.5) is 0 Å². The Morgan fingerprint density at radius 2 is 1.96 bits per heavy atom. The number of halogens is 1. The van der Waals surface area contributed by atoms with Crippen LogP contribution in [0, 0.1) is 0 Å². The maximum atomic E-state index is 11.7. The van der Waals surface area contributed by atoms with Crippen LogP contribution in [0.2, 0.25) is 5.02 Å². The van der Waals surface area contributed by atoms with E-state index in [9.17, 15) is 9.59 Å². The van der Waals surface area contributed by atoms with Gasteiger partial charge in [-0.25, -0.2) is 0 Å². The van der Waals surface area contributed by atoms with Gasteiger partial charge in [0.05, 0.1) is 0 Å². The number of hydrogen-bond acceptors (Lipinski definition) is 5. The Morgan fingerprint density at radius 3 is 2.64 bits per heavy atom. The van der Waals surface area contributed by atoms with E-state index < -0.39 is 11.8 Å². The van der Waals surface area contributed by atoms with Gasteiger partial charge in [-0.3, -0.25) is 25.8 Å². The van der Waals surface area contributed by atoms with E-state index in [1.54, 1.807) is 30.3 Å². The third kappa shape index (κ3) is 7.34. The van der Waals surface area contributed by atoms with Crippen LogP contribution in [0.15, 0.2) is 47.9 Å². The van der Waals surface area contributed by atoms with Gasteiger partial charge in [0.1, 0.15) is 5.75 Å². The first-order valence-corrected chi connectivity index (χ1v) is 8.69. The largest absolute Gasteiger partial charge is 0.484 e. The number of thiocarbonyl (C=S) groups is 1. The number of hydrazine groups is 1. The van der Waals surface area contributed by atoms with Gasteiger partial charge in [0, 0.05) is 16.0 Å². The molecule has 0 aliphatic heterocycles. The van der Waals surface area contributed by atoms with E-state index in [1.165, 1.54) is 17.4 Å². The molecule has 1 heterocycles. The van der Waals surface area contributed by atoms with Crippen LogP contribution >= 0.6 is 35.2 Å². The van der Waals surface area contributed by atoms with Crippen LogP contribution in [0.25, 0.3) is 6.08 Å². The van der Waals surface area contributed by atoms with Gasteiger partial charge in [-0.2, -0.15) is 0 Å². The van der Waals surface area contributed by atoms with Crippen molar-refractivity contribution in [1.82, 2.24) is 16.2 Å². The third-order valence-electron chi connectivity index (χ3n) is 2.68. The van der Waals surface area contributed by atoms with Gasteiger partial charge >= 0.3 is 0 Å². The molecule has 6 nitrogen and oxygen atoms in total. The topological polar surface area (TPSA) is 79.5 Å². The summed E-state index contributed by atoms with van der Waals surface area (Å²) in [5, 5.41) is 4.86. The zero-order valence-corrected chi connectivity index (χ0v) is 15.2. The summed E-state index contributed by atoms with van der Waals surface area (Å²) in [6, 6.07) is 10.4. The fourth-order valence-corrected chi connectivity index (χ4v) is 2.47. The molecule has 25 heavy (non-hydrogen) atoms. The number of ether oxygens (including phenoxy) is 1. The Morgan fingerprint density at radius 1 is 1.20 bits per heavy atom. The van der Waals surface area contributed by atoms with Crippen LogP contribution in [0.5, 0.6) is 5.75 Å². The Balaban J connectivity index is 1.65. The lowest BCUT2D eigenvalue weighted by molar-refractivity contribution is -0.123. The number of thiophene rings is 1. The SMILES string of the molecule is O=C(C=Cc1cccs1)NC(=S)NNC(=O)COc1ccc(Cl)cc1. The summed E-state index contributed by atoms with van der Waals surface area (Å²) < 4.78 is 5.26. The molecule has 0 aliphatic carbocycles. The lowest BCUT2D eigenvalue weighted by Gasteiger charge is -2.10. The summed E-state index contributed by atoms with van der Waals surface area (Å²) in [5.41, 5.74) is 4.74. The minimum atomic E-state index is -0.458. The molecule has 0 fully saturated rings. The number of amides is 2. The summed E-state index contributed by atoms with van der Waals surface area (Å²) in [6.07, 6.45) is 3.02. The average Bonchev–Trinajstić information content (AvgIpc) is 3.11. The third-order valence-corrected chi connectivity index (χ3v) is 3.97. The molecule has 3 N–H and O–H groups in total. The maximum absolute atomic E-state index is 11.7. The van der Waals surface area contributed by atoms with Gasteiger partial charge < -0.3 is 4.74 Å². The molecular formula is C16H14ClN3O3S2. The van der Waals surface area contributed by atoms with E-state index in [1.807, 2.05) is 17.5 Å². The lowest BCUT2D eigenvalue weighted by atomic mass is 10.3. The predicted octanol–water partition coefficient (Wildman–Crippen LogP) is 2.52. The molecule has 0 spiro atoms. The molecule has 0 saturated heterocycles. The molecule has 0 radical (unpaired) electrons. The van der Waals surface area contributed by atoms with Crippen molar-refractivity contribution < 1.29 is 14.3 Å². The summed E-state index contributed by atoms with van der Waals surface area (Å²) in [4.78, 5) is 24.3. The zero-order valence-electron chi connectivity index (χ0n) is 12.8. The molecule has 1 aromatic carbocycles. The summed E-state index contributed by atoms with van der Waals surface area (Å²) in [7, 11) is 0. The van der Waals surface area contributed by atoms with Gasteiger partial charge in [0.15, 0.2) is 11.7 Å². The molecule has 0 unspecified atom stereocenters. The number of nitrogens with one attached hydrogen (secondary N) is 3. The van der Waals surface area contributed by atoms with Crippen molar-refractivity contribution in [3.63, 3.8) is 0 Å². The van der Waals surface area contributed by atoms with Crippen molar-refractivity contribution in [3.05, 3.63) is 57.8 Å². The van der Waals surface area contributed by atoms with Crippen LogP contribution in [-0.4, -0.2) is 23.5 Å². The van der Waals surface area contributed by atoms with Gasteiger partial charge in [-0.05, 0) is 54.0 Å². The fraction of sp³-hybridized carbons (Fsp3) is 0.0625. The molecule has 1 aromatic heterocycles. The predicted molar refractivity (Wildman–Crippen MR) is 102 cm³/mol. The van der Waals surface area contributed by atoms with Crippen molar-refractivity contribution in [2.45, 2.75) is 0 Å². The molecule has 0 saturated carbocycles. The molecule has 9 heteroatoms. The van der Waals surface area contributed by atoms with E-state index in [2.05, 4.69) is 16.2 Å². The van der Waals surface area contributed by atoms with Crippen molar-refractivity contribution in [2.24, 2.45) is 0 Å².